The number of aliphatic hydroxyl groups is 2. The van der Waals surface area contributed by atoms with E-state index in [0.29, 0.717) is 19.4 Å². The maximum atomic E-state index is 13.2. The minimum Gasteiger partial charge on any atom is -0.449 e. The molecule has 8 atom stereocenters. The van der Waals surface area contributed by atoms with Crippen molar-refractivity contribution in [3.05, 3.63) is 23.8 Å². The second-order valence-electron chi connectivity index (χ2n) is 10.8. The summed E-state index contributed by atoms with van der Waals surface area (Å²) in [4.78, 5) is 37.9. The van der Waals surface area contributed by atoms with Crippen LogP contribution in [0.2, 0.25) is 0 Å². The number of hydrogen-bond acceptors (Lipinski definition) is 7. The zero-order valence-electron chi connectivity index (χ0n) is 20.0. The predicted molar refractivity (Wildman–Crippen MR) is 120 cm³/mol. The smallest absolute Gasteiger partial charge is 0.333 e. The van der Waals surface area contributed by atoms with E-state index in [1.807, 2.05) is 13.0 Å². The molecule has 0 aromatic heterocycles. The van der Waals surface area contributed by atoms with Gasteiger partial charge in [-0.2, -0.15) is 0 Å². The van der Waals surface area contributed by atoms with Crippen molar-refractivity contribution in [3.8, 4) is 0 Å². The first-order valence-corrected chi connectivity index (χ1v) is 12.1. The Hall–Kier alpha value is -1.83. The number of ketones is 2. The average molecular weight is 461 g/mol. The number of carbonyl (C=O) groups is 3. The molecule has 0 aromatic rings. The van der Waals surface area contributed by atoms with Crippen molar-refractivity contribution in [1.29, 1.82) is 0 Å². The summed E-state index contributed by atoms with van der Waals surface area (Å²) in [5.41, 5.74) is -1.65. The van der Waals surface area contributed by atoms with E-state index in [9.17, 15) is 24.6 Å². The van der Waals surface area contributed by atoms with Gasteiger partial charge in [-0.3, -0.25) is 9.59 Å². The third-order valence-electron chi connectivity index (χ3n) is 9.24. The van der Waals surface area contributed by atoms with Gasteiger partial charge in [0.25, 0.3) is 0 Å². The molecule has 4 rings (SSSR count). The summed E-state index contributed by atoms with van der Waals surface area (Å²) in [5, 5.41) is 21.4. The van der Waals surface area contributed by atoms with E-state index in [4.69, 9.17) is 9.47 Å². The molecule has 7 nitrogen and oxygen atoms in total. The molecule has 33 heavy (non-hydrogen) atoms. The number of allylic oxidation sites excluding steroid dienone is 4. The molecule has 0 amide bonds. The van der Waals surface area contributed by atoms with Gasteiger partial charge in [-0.1, -0.05) is 32.4 Å². The van der Waals surface area contributed by atoms with E-state index in [0.717, 1.165) is 12.0 Å². The van der Waals surface area contributed by atoms with Gasteiger partial charge in [0.1, 0.15) is 13.2 Å². The van der Waals surface area contributed by atoms with E-state index in [1.165, 1.54) is 0 Å². The lowest BCUT2D eigenvalue weighted by Crippen LogP contribution is -2.63. The second-order valence-corrected chi connectivity index (χ2v) is 10.8. The molecule has 0 radical (unpaired) electrons. The highest BCUT2D eigenvalue weighted by Crippen LogP contribution is 2.68. The SMILES string of the molecule is CCOCC(=O)O[C@]1(C(=O)CO)CC[C@H]2[C@@H]3CC(C)C4=CC(=O)C=C[C@]4(C)[C@H]3C(O)C[C@@]21C. The van der Waals surface area contributed by atoms with Crippen LogP contribution in [0.4, 0.5) is 0 Å². The molecule has 0 bridgehead atoms. The normalized spacial score (nSPS) is 43.9. The molecule has 4 aliphatic rings. The maximum Gasteiger partial charge on any atom is 0.333 e. The molecule has 0 saturated heterocycles. The van der Waals surface area contributed by atoms with Gasteiger partial charge in [0.2, 0.25) is 5.78 Å². The average Bonchev–Trinajstić information content (AvgIpc) is 3.05. The van der Waals surface area contributed by atoms with Crippen LogP contribution in [0.25, 0.3) is 0 Å². The minimum absolute atomic E-state index is 0.0162. The Morgan fingerprint density at radius 3 is 2.67 bits per heavy atom. The minimum atomic E-state index is -1.48. The number of hydrogen-bond donors (Lipinski definition) is 2. The van der Waals surface area contributed by atoms with E-state index in [1.54, 1.807) is 19.1 Å². The van der Waals surface area contributed by atoms with E-state index in [-0.39, 0.29) is 42.5 Å². The second kappa shape index (κ2) is 8.43. The molecule has 7 heteroatoms. The molecule has 3 saturated carbocycles. The van der Waals surface area contributed by atoms with E-state index < -0.39 is 40.9 Å². The Bertz CT molecular complexity index is 906. The zero-order chi connectivity index (χ0) is 24.2. The zero-order valence-corrected chi connectivity index (χ0v) is 20.0. The van der Waals surface area contributed by atoms with Crippen molar-refractivity contribution in [1.82, 2.24) is 0 Å². The van der Waals surface area contributed by atoms with Crippen LogP contribution in [0.15, 0.2) is 23.8 Å². The lowest BCUT2D eigenvalue weighted by atomic mass is 9.44. The van der Waals surface area contributed by atoms with Gasteiger partial charge in [-0.15, -0.1) is 0 Å². The quantitative estimate of drug-likeness (QED) is 0.586. The van der Waals surface area contributed by atoms with Gasteiger partial charge >= 0.3 is 5.97 Å². The van der Waals surface area contributed by atoms with Crippen LogP contribution in [0, 0.1) is 34.5 Å². The Kier molecular flexibility index (Phi) is 6.21. The number of fused-ring (bicyclic) bond motifs is 5. The summed E-state index contributed by atoms with van der Waals surface area (Å²) in [6, 6.07) is 0. The number of ether oxygens (including phenoxy) is 2. The largest absolute Gasteiger partial charge is 0.449 e. The van der Waals surface area contributed by atoms with Gasteiger partial charge in [0.15, 0.2) is 11.4 Å². The highest BCUT2D eigenvalue weighted by atomic mass is 16.6. The summed E-state index contributed by atoms with van der Waals surface area (Å²) in [7, 11) is 0. The van der Waals surface area contributed by atoms with Crippen molar-refractivity contribution in [2.24, 2.45) is 34.5 Å². The topological polar surface area (TPSA) is 110 Å². The van der Waals surface area contributed by atoms with Crippen LogP contribution in [-0.2, 0) is 23.9 Å². The summed E-state index contributed by atoms with van der Waals surface area (Å²) in [5.74, 6) is -0.967. The van der Waals surface area contributed by atoms with Gasteiger partial charge < -0.3 is 19.7 Å². The first-order chi connectivity index (χ1) is 15.5. The predicted octanol–water partition coefficient (Wildman–Crippen LogP) is 2.39. The molecule has 0 aromatic carbocycles. The molecule has 4 aliphatic carbocycles. The summed E-state index contributed by atoms with van der Waals surface area (Å²) in [6.45, 7) is 7.30. The lowest BCUT2D eigenvalue weighted by Gasteiger charge is -2.61. The third-order valence-corrected chi connectivity index (χ3v) is 9.24. The summed E-state index contributed by atoms with van der Waals surface area (Å²) >= 11 is 0. The Morgan fingerprint density at radius 2 is 2.00 bits per heavy atom. The van der Waals surface area contributed by atoms with Crippen molar-refractivity contribution in [2.75, 3.05) is 19.8 Å². The van der Waals surface area contributed by atoms with Crippen LogP contribution < -0.4 is 0 Å². The highest BCUT2D eigenvalue weighted by molar-refractivity contribution is 6.01. The molecule has 0 spiro atoms. The van der Waals surface area contributed by atoms with Gasteiger partial charge in [0.05, 0.1) is 6.10 Å². The fraction of sp³-hybridized carbons (Fsp3) is 0.731. The molecular formula is C26H36O7. The molecule has 3 fully saturated rings. The van der Waals surface area contributed by atoms with Gasteiger partial charge in [-0.05, 0) is 62.5 Å². The van der Waals surface area contributed by atoms with Crippen molar-refractivity contribution in [2.45, 2.75) is 65.1 Å². The highest BCUT2D eigenvalue weighted by Gasteiger charge is 2.70. The maximum absolute atomic E-state index is 13.2. The number of aliphatic hydroxyl groups excluding tert-OH is 2. The molecule has 0 heterocycles. The standard InChI is InChI=1S/C26H36O7/c1-5-32-14-22(31)33-26(21(30)13-27)9-7-18-17-10-15(2)19-11-16(28)6-8-24(19,3)23(17)20(29)12-25(18,26)4/h6,8,11,15,17-18,20,23,27,29H,5,7,9-10,12-14H2,1-4H3/t15?,17-,18-,20?,23+,24-,25-,26-/m0/s1. The van der Waals surface area contributed by atoms with Gasteiger partial charge in [0, 0.05) is 23.4 Å². The molecular weight excluding hydrogens is 424 g/mol. The molecule has 182 valence electrons. The van der Waals surface area contributed by atoms with Crippen molar-refractivity contribution >= 4 is 17.5 Å². The monoisotopic (exact) mass is 460 g/mol. The first kappa shape index (κ1) is 24.3. The van der Waals surface area contributed by atoms with Gasteiger partial charge in [-0.25, -0.2) is 4.79 Å². The number of Topliss-reactive ketones (excluding diaryl/α,β-unsaturated/α-hetero) is 1. The summed E-state index contributed by atoms with van der Waals surface area (Å²) in [6.07, 6.45) is 6.60. The Labute approximate surface area is 195 Å². The molecule has 2 unspecified atom stereocenters. The molecule has 2 N–H and O–H groups in total. The fourth-order valence-electron chi connectivity index (χ4n) is 7.96. The Morgan fingerprint density at radius 1 is 1.27 bits per heavy atom. The van der Waals surface area contributed by atoms with Crippen LogP contribution in [0.1, 0.15) is 53.4 Å². The van der Waals surface area contributed by atoms with Crippen LogP contribution in [-0.4, -0.2) is 59.3 Å². The first-order valence-electron chi connectivity index (χ1n) is 12.1. The van der Waals surface area contributed by atoms with Crippen LogP contribution >= 0.6 is 0 Å². The number of carbonyl (C=O) groups excluding carboxylic acids is 3. The van der Waals surface area contributed by atoms with E-state index >= 15 is 0 Å². The number of esters is 1. The van der Waals surface area contributed by atoms with Crippen molar-refractivity contribution in [3.63, 3.8) is 0 Å². The van der Waals surface area contributed by atoms with Crippen molar-refractivity contribution < 1.29 is 34.1 Å². The van der Waals surface area contributed by atoms with Crippen LogP contribution in [0.5, 0.6) is 0 Å². The fourth-order valence-corrected chi connectivity index (χ4v) is 7.96. The van der Waals surface area contributed by atoms with Crippen LogP contribution in [0.3, 0.4) is 0 Å². The summed E-state index contributed by atoms with van der Waals surface area (Å²) < 4.78 is 11.1. The number of rotatable bonds is 6. The Balaban J connectivity index is 1.74. The lowest BCUT2D eigenvalue weighted by molar-refractivity contribution is -0.203. The third kappa shape index (κ3) is 3.46. The molecule has 0 aliphatic heterocycles. The van der Waals surface area contributed by atoms with E-state index in [2.05, 4.69) is 13.8 Å².